The number of nitrogen functional groups attached to an aromatic ring is 2. The van der Waals surface area contributed by atoms with Gasteiger partial charge >= 0.3 is 0 Å². The van der Waals surface area contributed by atoms with E-state index in [1.54, 1.807) is 0 Å². The monoisotopic (exact) mass is 404 g/mol. The minimum Gasteiger partial charge on any atom is -0.490 e. The number of aliphatic imine (C=N–C) groups is 1. The highest BCUT2D eigenvalue weighted by atomic mass is 16.5. The van der Waals surface area contributed by atoms with E-state index in [9.17, 15) is 5.26 Å². The van der Waals surface area contributed by atoms with Crippen LogP contribution in [0.3, 0.4) is 0 Å². The van der Waals surface area contributed by atoms with Gasteiger partial charge in [0.25, 0.3) is 0 Å². The lowest BCUT2D eigenvalue weighted by atomic mass is 9.95. The van der Waals surface area contributed by atoms with E-state index in [0.29, 0.717) is 24.6 Å². The molecule has 1 atom stereocenters. The number of benzene rings is 1. The number of guanidine groups is 1. The Hall–Kier alpha value is -4.02. The second-order valence-electron chi connectivity index (χ2n) is 6.90. The Morgan fingerprint density at radius 2 is 1.90 bits per heavy atom. The van der Waals surface area contributed by atoms with Gasteiger partial charge in [-0.1, -0.05) is 12.1 Å². The molecule has 2 aliphatic heterocycles. The Morgan fingerprint density at radius 1 is 1.17 bits per heavy atom. The van der Waals surface area contributed by atoms with E-state index >= 15 is 0 Å². The molecule has 10 nitrogen and oxygen atoms in total. The lowest BCUT2D eigenvalue weighted by Gasteiger charge is -2.26. The number of hydrogen-bond acceptors (Lipinski definition) is 10. The van der Waals surface area contributed by atoms with E-state index in [4.69, 9.17) is 26.2 Å². The molecule has 6 N–H and O–H groups in total. The van der Waals surface area contributed by atoms with Crippen LogP contribution in [0.25, 0.3) is 0 Å². The van der Waals surface area contributed by atoms with Crippen LogP contribution >= 0.6 is 0 Å². The molecular weight excluding hydrogens is 384 g/mol. The minimum atomic E-state index is -0.575. The van der Waals surface area contributed by atoms with Crippen LogP contribution in [0.2, 0.25) is 0 Å². The van der Waals surface area contributed by atoms with Gasteiger partial charge in [0.15, 0.2) is 6.19 Å². The Labute approximate surface area is 173 Å². The number of aromatic nitrogens is 1. The van der Waals surface area contributed by atoms with Gasteiger partial charge in [-0.3, -0.25) is 5.32 Å². The number of pyridine rings is 1. The minimum absolute atomic E-state index is 0.0124. The van der Waals surface area contributed by atoms with Crippen molar-refractivity contribution in [2.45, 2.75) is 25.0 Å². The third-order valence-corrected chi connectivity index (χ3v) is 5.02. The first-order chi connectivity index (χ1) is 14.6. The molecule has 0 radical (unpaired) electrons. The van der Waals surface area contributed by atoms with E-state index in [2.05, 4.69) is 20.6 Å². The lowest BCUT2D eigenvalue weighted by molar-refractivity contribution is 0.0255. The summed E-state index contributed by atoms with van der Waals surface area (Å²) < 4.78 is 11.4. The quantitative estimate of drug-likeness (QED) is 0.439. The van der Waals surface area contributed by atoms with Crippen LogP contribution in [0, 0.1) is 22.8 Å². The predicted octanol–water partition coefficient (Wildman–Crippen LogP) is 1.62. The molecule has 3 heterocycles. The molecule has 152 valence electrons. The molecule has 1 unspecified atom stereocenters. The summed E-state index contributed by atoms with van der Waals surface area (Å²) in [5, 5.41) is 23.8. The third kappa shape index (κ3) is 3.64. The number of rotatable bonds is 3. The highest BCUT2D eigenvalue weighted by molar-refractivity contribution is 5.98. The zero-order valence-corrected chi connectivity index (χ0v) is 16.1. The Bertz CT molecular complexity index is 1060. The first-order valence-corrected chi connectivity index (χ1v) is 9.44. The van der Waals surface area contributed by atoms with E-state index in [1.165, 1.54) is 0 Å². The van der Waals surface area contributed by atoms with Crippen molar-refractivity contribution in [1.82, 2.24) is 10.3 Å². The van der Waals surface area contributed by atoms with Crippen molar-refractivity contribution in [3.63, 3.8) is 0 Å². The molecule has 1 aromatic carbocycles. The molecular formula is C20H20N8O2. The number of hydrogen-bond donors (Lipinski definition) is 4. The summed E-state index contributed by atoms with van der Waals surface area (Å²) in [5.74, 6) is 1.33. The molecule has 0 amide bonds. The summed E-state index contributed by atoms with van der Waals surface area (Å²) in [5.41, 5.74) is 13.8. The maximum atomic E-state index is 9.40. The van der Waals surface area contributed by atoms with Crippen molar-refractivity contribution in [1.29, 1.82) is 10.5 Å². The van der Waals surface area contributed by atoms with Gasteiger partial charge in [-0.2, -0.15) is 10.5 Å². The van der Waals surface area contributed by atoms with Crippen molar-refractivity contribution in [2.24, 2.45) is 4.99 Å². The number of nitrogens with one attached hydrogen (secondary N) is 2. The number of nitriles is 2. The maximum Gasteiger partial charge on any atom is 0.211 e. The molecule has 0 bridgehead atoms. The van der Waals surface area contributed by atoms with Gasteiger partial charge in [0, 0.05) is 18.4 Å². The highest BCUT2D eigenvalue weighted by Gasteiger charge is 2.29. The number of ether oxygens (including phenoxy) is 2. The summed E-state index contributed by atoms with van der Waals surface area (Å²) in [6, 6.07) is 8.91. The summed E-state index contributed by atoms with van der Waals surface area (Å²) in [6.07, 6.45) is 3.68. The fourth-order valence-corrected chi connectivity index (χ4v) is 3.54. The average molecular weight is 404 g/mol. The molecule has 0 spiro atoms. The second-order valence-corrected chi connectivity index (χ2v) is 6.90. The molecule has 1 saturated heterocycles. The van der Waals surface area contributed by atoms with Crippen LogP contribution in [0.4, 0.5) is 17.3 Å². The number of nitrogens with two attached hydrogens (primary N) is 2. The molecule has 1 fully saturated rings. The van der Waals surface area contributed by atoms with Crippen LogP contribution in [0.5, 0.6) is 5.75 Å². The van der Waals surface area contributed by atoms with E-state index in [0.717, 1.165) is 24.2 Å². The summed E-state index contributed by atoms with van der Waals surface area (Å²) >= 11 is 0. The van der Waals surface area contributed by atoms with Crippen LogP contribution in [-0.4, -0.2) is 30.3 Å². The van der Waals surface area contributed by atoms with Gasteiger partial charge in [0.1, 0.15) is 41.2 Å². The third-order valence-electron chi connectivity index (χ3n) is 5.02. The molecule has 2 aliphatic rings. The molecule has 10 heteroatoms. The van der Waals surface area contributed by atoms with Gasteiger partial charge in [-0.15, -0.1) is 0 Å². The van der Waals surface area contributed by atoms with Crippen molar-refractivity contribution in [3.05, 3.63) is 41.0 Å². The van der Waals surface area contributed by atoms with Crippen molar-refractivity contribution >= 4 is 23.3 Å². The van der Waals surface area contributed by atoms with E-state index in [1.807, 2.05) is 36.5 Å². The van der Waals surface area contributed by atoms with Crippen molar-refractivity contribution in [3.8, 4) is 18.0 Å². The van der Waals surface area contributed by atoms with Gasteiger partial charge in [-0.25, -0.2) is 9.98 Å². The standard InChI is InChI=1S/C20H20N8O2/c21-9-14-16(23)15-17(26-20(25-10-22)28-19(15)27-18(14)24)11-1-3-12(4-2-11)30-13-5-7-29-8-6-13/h1-4,13,17H,5-8H2,(H6,23,24,25,26,27,28). The lowest BCUT2D eigenvalue weighted by Crippen LogP contribution is -2.32. The van der Waals surface area contributed by atoms with Gasteiger partial charge in [0.05, 0.1) is 18.9 Å². The SMILES string of the molecule is N#CNC1=NC(c2ccc(OC3CCOCC3)cc2)c2c(nc(N)c(C#N)c2N)N1. The predicted molar refractivity (Wildman–Crippen MR) is 110 cm³/mol. The Balaban J connectivity index is 1.69. The molecule has 4 rings (SSSR count). The van der Waals surface area contributed by atoms with Crippen LogP contribution < -0.4 is 26.8 Å². The van der Waals surface area contributed by atoms with Gasteiger partial charge in [-0.05, 0) is 17.7 Å². The molecule has 0 saturated carbocycles. The second kappa shape index (κ2) is 8.15. The zero-order valence-electron chi connectivity index (χ0n) is 16.1. The van der Waals surface area contributed by atoms with Crippen LogP contribution in [0.1, 0.15) is 35.6 Å². The normalized spacial score (nSPS) is 18.2. The van der Waals surface area contributed by atoms with Crippen LogP contribution in [0.15, 0.2) is 29.3 Å². The maximum absolute atomic E-state index is 9.40. The fourth-order valence-electron chi connectivity index (χ4n) is 3.54. The van der Waals surface area contributed by atoms with Crippen LogP contribution in [-0.2, 0) is 4.74 Å². The van der Waals surface area contributed by atoms with E-state index < -0.39 is 6.04 Å². The van der Waals surface area contributed by atoms with E-state index in [-0.39, 0.29) is 29.1 Å². The highest BCUT2D eigenvalue weighted by Crippen LogP contribution is 2.40. The Morgan fingerprint density at radius 3 is 2.57 bits per heavy atom. The van der Waals surface area contributed by atoms with Crippen molar-refractivity contribution in [2.75, 3.05) is 30.0 Å². The zero-order chi connectivity index (χ0) is 21.1. The molecule has 2 aromatic rings. The number of fused-ring (bicyclic) bond motifs is 1. The molecule has 30 heavy (non-hydrogen) atoms. The number of nitrogens with zero attached hydrogens (tertiary/aromatic N) is 4. The molecule has 1 aromatic heterocycles. The van der Waals surface area contributed by atoms with Gasteiger partial charge in [0.2, 0.25) is 5.96 Å². The molecule has 0 aliphatic carbocycles. The summed E-state index contributed by atoms with van der Waals surface area (Å²) in [4.78, 5) is 8.78. The topological polar surface area (TPSA) is 167 Å². The average Bonchev–Trinajstić information content (AvgIpc) is 2.75. The first-order valence-electron chi connectivity index (χ1n) is 9.44. The largest absolute Gasteiger partial charge is 0.490 e. The number of anilines is 3. The summed E-state index contributed by atoms with van der Waals surface area (Å²) in [7, 11) is 0. The smallest absolute Gasteiger partial charge is 0.211 e. The fraction of sp³-hybridized carbons (Fsp3) is 0.300. The summed E-state index contributed by atoms with van der Waals surface area (Å²) in [6.45, 7) is 1.41. The van der Waals surface area contributed by atoms with Crippen molar-refractivity contribution < 1.29 is 9.47 Å². The Kier molecular flexibility index (Phi) is 5.24. The first kappa shape index (κ1) is 19.3. The van der Waals surface area contributed by atoms with Gasteiger partial charge < -0.3 is 26.3 Å².